The fourth-order valence-electron chi connectivity index (χ4n) is 3.18. The molecule has 6 nitrogen and oxygen atoms in total. The van der Waals surface area contributed by atoms with E-state index in [0.717, 1.165) is 17.7 Å². The van der Waals surface area contributed by atoms with Gasteiger partial charge in [-0.2, -0.15) is 0 Å². The Morgan fingerprint density at radius 3 is 2.96 bits per heavy atom. The number of carbonyl (C=O) groups is 1. The van der Waals surface area contributed by atoms with Crippen molar-refractivity contribution in [2.24, 2.45) is 0 Å². The van der Waals surface area contributed by atoms with E-state index >= 15 is 0 Å². The molecular formula is C19H17F2N3O3. The highest BCUT2D eigenvalue weighted by molar-refractivity contribution is 5.91. The van der Waals surface area contributed by atoms with E-state index in [0.29, 0.717) is 30.4 Å². The van der Waals surface area contributed by atoms with E-state index in [-0.39, 0.29) is 17.9 Å². The van der Waals surface area contributed by atoms with Crippen LogP contribution in [0.4, 0.5) is 8.78 Å². The summed E-state index contributed by atoms with van der Waals surface area (Å²) >= 11 is 0. The molecule has 2 aromatic heterocycles. The van der Waals surface area contributed by atoms with Crippen molar-refractivity contribution in [3.05, 3.63) is 65.6 Å². The van der Waals surface area contributed by atoms with Crippen LogP contribution in [0.1, 0.15) is 35.0 Å². The molecule has 0 saturated carbocycles. The van der Waals surface area contributed by atoms with E-state index in [1.807, 2.05) is 0 Å². The van der Waals surface area contributed by atoms with Gasteiger partial charge in [0.25, 0.3) is 5.91 Å². The predicted molar refractivity (Wildman–Crippen MR) is 92.7 cm³/mol. The lowest BCUT2D eigenvalue weighted by Crippen LogP contribution is -2.34. The number of pyridine rings is 1. The third-order valence-electron chi connectivity index (χ3n) is 4.55. The second-order valence-electron chi connectivity index (χ2n) is 6.33. The van der Waals surface area contributed by atoms with Gasteiger partial charge in [-0.1, -0.05) is 6.07 Å². The molecule has 2 N–H and O–H groups in total. The number of hydroxylamine groups is 1. The second kappa shape index (κ2) is 7.42. The van der Waals surface area contributed by atoms with Crippen LogP contribution in [0.15, 0.2) is 42.7 Å². The van der Waals surface area contributed by atoms with Crippen molar-refractivity contribution in [1.82, 2.24) is 15.4 Å². The van der Waals surface area contributed by atoms with Gasteiger partial charge in [0.2, 0.25) is 0 Å². The molecule has 1 aliphatic heterocycles. The molecule has 3 heterocycles. The molecule has 2 atom stereocenters. The van der Waals surface area contributed by atoms with Crippen LogP contribution >= 0.6 is 0 Å². The first kappa shape index (κ1) is 17.6. The van der Waals surface area contributed by atoms with Gasteiger partial charge in [-0.15, -0.1) is 0 Å². The lowest BCUT2D eigenvalue weighted by Gasteiger charge is -2.29. The Hall–Kier alpha value is -2.84. The molecule has 1 fully saturated rings. The van der Waals surface area contributed by atoms with Crippen molar-refractivity contribution in [2.75, 3.05) is 6.61 Å². The van der Waals surface area contributed by atoms with Gasteiger partial charge in [0.05, 0.1) is 12.2 Å². The molecule has 0 aliphatic carbocycles. The van der Waals surface area contributed by atoms with Crippen LogP contribution in [0.3, 0.4) is 0 Å². The standard InChI is InChI=1S/C19H17F2N3O3/c20-14-8-12-13(10-23-17(12)9-15(14)21)18-7-11(4-6-26-18)27-24-19(25)16-3-1-2-5-22-16/h1-3,5,8-11,18,23H,4,6-7H2,(H,24,25). The van der Waals surface area contributed by atoms with Gasteiger partial charge in [0.1, 0.15) is 5.69 Å². The number of amides is 1. The number of fused-ring (bicyclic) bond motifs is 1. The quantitative estimate of drug-likeness (QED) is 0.687. The number of H-pyrrole nitrogens is 1. The SMILES string of the molecule is O=C(NOC1CCOC(c2c[nH]c3cc(F)c(F)cc23)C1)c1ccccn1. The van der Waals surface area contributed by atoms with Crippen LogP contribution in [0, 0.1) is 11.6 Å². The monoisotopic (exact) mass is 373 g/mol. The Labute approximate surface area is 153 Å². The summed E-state index contributed by atoms with van der Waals surface area (Å²) in [6, 6.07) is 7.30. The second-order valence-corrected chi connectivity index (χ2v) is 6.33. The number of nitrogens with zero attached hydrogens (tertiary/aromatic N) is 1. The van der Waals surface area contributed by atoms with Gasteiger partial charge in [0.15, 0.2) is 11.6 Å². The molecule has 0 spiro atoms. The molecular weight excluding hydrogens is 356 g/mol. The number of carbonyl (C=O) groups excluding carboxylic acids is 1. The first-order valence-corrected chi connectivity index (χ1v) is 8.56. The molecule has 1 saturated heterocycles. The highest BCUT2D eigenvalue weighted by Crippen LogP contribution is 2.34. The number of aromatic nitrogens is 2. The largest absolute Gasteiger partial charge is 0.373 e. The van der Waals surface area contributed by atoms with Gasteiger partial charge in [-0.05, 0) is 24.6 Å². The van der Waals surface area contributed by atoms with Gasteiger partial charge in [0, 0.05) is 48.0 Å². The molecule has 8 heteroatoms. The number of hydrogen-bond donors (Lipinski definition) is 2. The van der Waals surface area contributed by atoms with E-state index in [4.69, 9.17) is 9.57 Å². The van der Waals surface area contributed by atoms with Crippen molar-refractivity contribution < 1.29 is 23.1 Å². The summed E-state index contributed by atoms with van der Waals surface area (Å²) in [5.74, 6) is -2.24. The van der Waals surface area contributed by atoms with Crippen LogP contribution in [0.5, 0.6) is 0 Å². The van der Waals surface area contributed by atoms with Gasteiger partial charge in [-0.3, -0.25) is 14.6 Å². The molecule has 1 aromatic carbocycles. The molecule has 0 bridgehead atoms. The summed E-state index contributed by atoms with van der Waals surface area (Å²) in [5, 5.41) is 0.567. The zero-order chi connectivity index (χ0) is 18.8. The van der Waals surface area contributed by atoms with Crippen molar-refractivity contribution in [1.29, 1.82) is 0 Å². The van der Waals surface area contributed by atoms with Crippen LogP contribution in [0.2, 0.25) is 0 Å². The van der Waals surface area contributed by atoms with Crippen molar-refractivity contribution in [3.63, 3.8) is 0 Å². The molecule has 1 amide bonds. The number of hydrogen-bond acceptors (Lipinski definition) is 4. The number of nitrogens with one attached hydrogen (secondary N) is 2. The van der Waals surface area contributed by atoms with Crippen LogP contribution in [0.25, 0.3) is 10.9 Å². The summed E-state index contributed by atoms with van der Waals surface area (Å²) in [6.07, 6.45) is 3.65. The van der Waals surface area contributed by atoms with E-state index in [9.17, 15) is 13.6 Å². The van der Waals surface area contributed by atoms with Crippen LogP contribution in [-0.2, 0) is 9.57 Å². The summed E-state index contributed by atoms with van der Waals surface area (Å²) in [7, 11) is 0. The molecule has 27 heavy (non-hydrogen) atoms. The number of benzene rings is 1. The maximum atomic E-state index is 13.6. The maximum absolute atomic E-state index is 13.6. The van der Waals surface area contributed by atoms with E-state index < -0.39 is 17.5 Å². The van der Waals surface area contributed by atoms with Gasteiger partial charge < -0.3 is 9.72 Å². The van der Waals surface area contributed by atoms with Crippen LogP contribution in [-0.4, -0.2) is 28.6 Å². The molecule has 1 aliphatic rings. The Bertz CT molecular complexity index is 961. The summed E-state index contributed by atoms with van der Waals surface area (Å²) in [4.78, 5) is 24.4. The maximum Gasteiger partial charge on any atom is 0.293 e. The lowest BCUT2D eigenvalue weighted by molar-refractivity contribution is -0.0978. The van der Waals surface area contributed by atoms with Crippen molar-refractivity contribution in [3.8, 4) is 0 Å². The molecule has 0 radical (unpaired) electrons. The minimum atomic E-state index is -0.908. The Balaban J connectivity index is 1.44. The number of aromatic amines is 1. The van der Waals surface area contributed by atoms with E-state index in [1.165, 1.54) is 6.20 Å². The minimum Gasteiger partial charge on any atom is -0.373 e. The Morgan fingerprint density at radius 1 is 1.30 bits per heavy atom. The number of ether oxygens (including phenoxy) is 1. The summed E-state index contributed by atoms with van der Waals surface area (Å²) in [6.45, 7) is 0.422. The van der Waals surface area contributed by atoms with Gasteiger partial charge >= 0.3 is 0 Å². The highest BCUT2D eigenvalue weighted by atomic mass is 19.2. The molecule has 140 valence electrons. The first-order valence-electron chi connectivity index (χ1n) is 8.56. The van der Waals surface area contributed by atoms with E-state index in [2.05, 4.69) is 15.4 Å². The topological polar surface area (TPSA) is 76.2 Å². The molecule has 3 aromatic rings. The fourth-order valence-corrected chi connectivity index (χ4v) is 3.18. The third-order valence-corrected chi connectivity index (χ3v) is 4.55. The highest BCUT2D eigenvalue weighted by Gasteiger charge is 2.28. The minimum absolute atomic E-state index is 0.259. The fraction of sp³-hybridized carbons (Fsp3) is 0.263. The molecule has 4 rings (SSSR count). The zero-order valence-corrected chi connectivity index (χ0v) is 14.2. The predicted octanol–water partition coefficient (Wildman–Crippen LogP) is 3.42. The van der Waals surface area contributed by atoms with Crippen LogP contribution < -0.4 is 5.48 Å². The Morgan fingerprint density at radius 2 is 2.15 bits per heavy atom. The summed E-state index contributed by atoms with van der Waals surface area (Å²) in [5.41, 5.74) is 3.90. The smallest absolute Gasteiger partial charge is 0.293 e. The zero-order valence-electron chi connectivity index (χ0n) is 14.2. The normalized spacial score (nSPS) is 19.9. The average molecular weight is 373 g/mol. The third kappa shape index (κ3) is 3.67. The van der Waals surface area contributed by atoms with E-state index in [1.54, 1.807) is 24.4 Å². The van der Waals surface area contributed by atoms with Crippen molar-refractivity contribution >= 4 is 16.8 Å². The lowest BCUT2D eigenvalue weighted by atomic mass is 9.99. The molecule has 2 unspecified atom stereocenters. The number of halogens is 2. The van der Waals surface area contributed by atoms with Crippen molar-refractivity contribution in [2.45, 2.75) is 25.0 Å². The van der Waals surface area contributed by atoms with Gasteiger partial charge in [-0.25, -0.2) is 14.3 Å². The first-order chi connectivity index (χ1) is 13.1. The summed E-state index contributed by atoms with van der Waals surface area (Å²) < 4.78 is 32.8. The Kier molecular flexibility index (Phi) is 4.83. The average Bonchev–Trinajstić information content (AvgIpc) is 3.10. The number of rotatable bonds is 4.